The van der Waals surface area contributed by atoms with Gasteiger partial charge in [0.15, 0.2) is 11.6 Å². The molecule has 0 aliphatic rings. The zero-order valence-corrected chi connectivity index (χ0v) is 10.5. The van der Waals surface area contributed by atoms with Crippen LogP contribution in [-0.4, -0.2) is 11.1 Å². The van der Waals surface area contributed by atoms with E-state index < -0.39 is 17.6 Å². The quantitative estimate of drug-likeness (QED) is 0.750. The minimum Gasteiger partial charge on any atom is -0.505 e. The smallest absolute Gasteiger partial charge is 0.323 e. The molecule has 2 rings (SSSR count). The first kappa shape index (κ1) is 13.6. The Morgan fingerprint density at radius 1 is 1.15 bits per heavy atom. The number of anilines is 1. The van der Waals surface area contributed by atoms with Crippen LogP contribution < -0.4 is 10.6 Å². The van der Waals surface area contributed by atoms with Crippen molar-refractivity contribution in [3.05, 3.63) is 66.1 Å². The molecule has 3 N–H and O–H groups in total. The van der Waals surface area contributed by atoms with Crippen molar-refractivity contribution in [2.24, 2.45) is 0 Å². The Balaban J connectivity index is 1.89. The number of rotatable bonds is 3. The van der Waals surface area contributed by atoms with Crippen molar-refractivity contribution in [3.8, 4) is 5.75 Å². The lowest BCUT2D eigenvalue weighted by Gasteiger charge is -2.05. The van der Waals surface area contributed by atoms with E-state index in [4.69, 9.17) is 5.11 Å². The maximum atomic E-state index is 13.1. The van der Waals surface area contributed by atoms with E-state index in [2.05, 4.69) is 10.6 Å². The maximum absolute atomic E-state index is 13.1. The molecular weight excluding hydrogens is 259 g/mol. The molecule has 0 bridgehead atoms. The van der Waals surface area contributed by atoms with Crippen LogP contribution >= 0.6 is 0 Å². The average Bonchev–Trinajstić information content (AvgIpc) is 2.44. The van der Waals surface area contributed by atoms with E-state index >= 15 is 0 Å². The van der Waals surface area contributed by atoms with Crippen LogP contribution in [0.5, 0.6) is 5.75 Å². The lowest BCUT2D eigenvalue weighted by atomic mass is 10.2. The number of hydrogen-bond donors (Lipinski definition) is 3. The molecule has 102 valence electrons. The first-order chi connectivity index (χ1) is 9.65. The summed E-state index contributed by atoms with van der Waals surface area (Å²) >= 11 is 0. The number of phenolic OH excluding ortho intramolecular Hbond substituents is 1. The molecule has 5 heteroatoms. The van der Waals surface area contributed by atoms with Gasteiger partial charge in [0.2, 0.25) is 0 Å². The molecule has 0 saturated carbocycles. The second-order valence-electron chi connectivity index (χ2n) is 4.01. The summed E-state index contributed by atoms with van der Waals surface area (Å²) in [4.78, 5) is 11.5. The van der Waals surface area contributed by atoms with Gasteiger partial charge in [-0.3, -0.25) is 0 Å². The Bertz CT molecular complexity index is 627. The molecule has 2 amide bonds. The van der Waals surface area contributed by atoms with Gasteiger partial charge in [-0.2, -0.15) is 0 Å². The van der Waals surface area contributed by atoms with Crippen molar-refractivity contribution < 1.29 is 14.3 Å². The predicted octanol–water partition coefficient (Wildman–Crippen LogP) is 3.32. The van der Waals surface area contributed by atoms with E-state index in [1.54, 1.807) is 6.08 Å². The minimum absolute atomic E-state index is 0.255. The molecule has 0 fully saturated rings. The monoisotopic (exact) mass is 272 g/mol. The summed E-state index contributed by atoms with van der Waals surface area (Å²) in [7, 11) is 0. The van der Waals surface area contributed by atoms with E-state index in [-0.39, 0.29) is 5.69 Å². The average molecular weight is 272 g/mol. The van der Waals surface area contributed by atoms with Crippen molar-refractivity contribution >= 4 is 17.8 Å². The molecule has 0 atom stereocenters. The van der Waals surface area contributed by atoms with Crippen molar-refractivity contribution in [2.45, 2.75) is 0 Å². The molecular formula is C15H13FN2O2. The number of hydrogen-bond acceptors (Lipinski definition) is 2. The first-order valence-electron chi connectivity index (χ1n) is 5.93. The van der Waals surface area contributed by atoms with Crippen LogP contribution in [0.2, 0.25) is 0 Å². The summed E-state index contributed by atoms with van der Waals surface area (Å²) in [5, 5.41) is 14.0. The van der Waals surface area contributed by atoms with Gasteiger partial charge in [-0.15, -0.1) is 0 Å². The molecule has 0 heterocycles. The summed E-state index contributed by atoms with van der Waals surface area (Å²) in [5.41, 5.74) is 1.20. The largest absolute Gasteiger partial charge is 0.505 e. The van der Waals surface area contributed by atoms with Gasteiger partial charge in [0.25, 0.3) is 0 Å². The number of carbonyl (C=O) groups is 1. The second kappa shape index (κ2) is 6.38. The molecule has 0 radical (unpaired) electrons. The Hall–Kier alpha value is -2.82. The van der Waals surface area contributed by atoms with Gasteiger partial charge in [-0.1, -0.05) is 30.3 Å². The van der Waals surface area contributed by atoms with E-state index in [1.165, 1.54) is 18.3 Å². The fourth-order valence-corrected chi connectivity index (χ4v) is 1.53. The molecule has 2 aromatic rings. The highest BCUT2D eigenvalue weighted by Gasteiger charge is 2.03. The van der Waals surface area contributed by atoms with Crippen LogP contribution in [0.25, 0.3) is 6.08 Å². The third kappa shape index (κ3) is 3.84. The molecule has 0 saturated heterocycles. The van der Waals surface area contributed by atoms with E-state index in [9.17, 15) is 9.18 Å². The topological polar surface area (TPSA) is 61.4 Å². The maximum Gasteiger partial charge on any atom is 0.323 e. The van der Waals surface area contributed by atoms with Gasteiger partial charge >= 0.3 is 6.03 Å². The summed E-state index contributed by atoms with van der Waals surface area (Å²) in [5.74, 6) is -1.25. The van der Waals surface area contributed by atoms with Crippen LogP contribution in [0.3, 0.4) is 0 Å². The third-order valence-corrected chi connectivity index (χ3v) is 2.50. The molecule has 0 aliphatic heterocycles. The van der Waals surface area contributed by atoms with Crippen LogP contribution in [0.1, 0.15) is 5.56 Å². The zero-order chi connectivity index (χ0) is 14.4. The minimum atomic E-state index is -0.789. The number of nitrogens with one attached hydrogen (secondary N) is 2. The molecule has 20 heavy (non-hydrogen) atoms. The van der Waals surface area contributed by atoms with Crippen molar-refractivity contribution in [3.63, 3.8) is 0 Å². The van der Waals surface area contributed by atoms with Crippen LogP contribution in [0.15, 0.2) is 54.7 Å². The van der Waals surface area contributed by atoms with Gasteiger partial charge in [-0.05, 0) is 23.8 Å². The summed E-state index contributed by atoms with van der Waals surface area (Å²) in [6.07, 6.45) is 3.22. The Morgan fingerprint density at radius 3 is 2.60 bits per heavy atom. The third-order valence-electron chi connectivity index (χ3n) is 2.50. The number of aromatic hydroxyl groups is 1. The molecule has 0 spiro atoms. The second-order valence-corrected chi connectivity index (χ2v) is 4.01. The van der Waals surface area contributed by atoms with E-state index in [0.717, 1.165) is 11.6 Å². The van der Waals surface area contributed by atoms with Crippen LogP contribution in [0.4, 0.5) is 14.9 Å². The summed E-state index contributed by atoms with van der Waals surface area (Å²) in [6.45, 7) is 0. The van der Waals surface area contributed by atoms with Gasteiger partial charge in [-0.25, -0.2) is 9.18 Å². The van der Waals surface area contributed by atoms with Crippen molar-refractivity contribution in [1.29, 1.82) is 0 Å². The van der Waals surface area contributed by atoms with Crippen LogP contribution in [-0.2, 0) is 0 Å². The molecule has 0 aliphatic carbocycles. The predicted molar refractivity (Wildman–Crippen MR) is 75.7 cm³/mol. The number of carbonyl (C=O) groups excluding carboxylic acids is 1. The highest BCUT2D eigenvalue weighted by Crippen LogP contribution is 2.19. The number of amides is 2. The molecule has 0 unspecified atom stereocenters. The van der Waals surface area contributed by atoms with Gasteiger partial charge in [0.1, 0.15) is 0 Å². The molecule has 2 aromatic carbocycles. The van der Waals surface area contributed by atoms with Crippen LogP contribution in [0, 0.1) is 5.82 Å². The van der Waals surface area contributed by atoms with Crippen molar-refractivity contribution in [1.82, 2.24) is 5.32 Å². The number of urea groups is 1. The van der Waals surface area contributed by atoms with Gasteiger partial charge < -0.3 is 15.7 Å². The number of benzene rings is 2. The zero-order valence-electron chi connectivity index (χ0n) is 10.5. The van der Waals surface area contributed by atoms with Crippen molar-refractivity contribution in [2.75, 3.05) is 5.32 Å². The molecule has 0 aromatic heterocycles. The SMILES string of the molecule is O=C(NC=Cc1ccccc1)Nc1ccc(O)c(F)c1. The fourth-order valence-electron chi connectivity index (χ4n) is 1.53. The van der Waals surface area contributed by atoms with E-state index in [1.807, 2.05) is 30.3 Å². The number of phenols is 1. The fraction of sp³-hybridized carbons (Fsp3) is 0. The van der Waals surface area contributed by atoms with Gasteiger partial charge in [0, 0.05) is 18.0 Å². The Kier molecular flexibility index (Phi) is 4.34. The Morgan fingerprint density at radius 2 is 1.90 bits per heavy atom. The summed E-state index contributed by atoms with van der Waals surface area (Å²) < 4.78 is 13.1. The normalized spacial score (nSPS) is 10.4. The molecule has 4 nitrogen and oxygen atoms in total. The number of halogens is 1. The summed E-state index contributed by atoms with van der Waals surface area (Å²) in [6, 6.07) is 12.6. The highest BCUT2D eigenvalue weighted by atomic mass is 19.1. The lowest BCUT2D eigenvalue weighted by molar-refractivity contribution is 0.255. The highest BCUT2D eigenvalue weighted by molar-refractivity contribution is 5.90. The lowest BCUT2D eigenvalue weighted by Crippen LogP contribution is -2.23. The first-order valence-corrected chi connectivity index (χ1v) is 5.93. The standard InChI is InChI=1S/C15H13FN2O2/c16-13-10-12(6-7-14(13)19)18-15(20)17-9-8-11-4-2-1-3-5-11/h1-10,19H,(H2,17,18,20). The van der Waals surface area contributed by atoms with E-state index in [0.29, 0.717) is 0 Å². The Labute approximate surface area is 115 Å². The van der Waals surface area contributed by atoms with Gasteiger partial charge in [0.05, 0.1) is 0 Å².